The second kappa shape index (κ2) is 19.0. The number of nitrogens with two attached hydrogens (primary N) is 1. The largest absolute Gasteiger partial charge is 0.465 e. The zero-order valence-corrected chi connectivity index (χ0v) is 23.5. The molecule has 2 aliphatic rings. The Morgan fingerprint density at radius 3 is 1.83 bits per heavy atom. The molecule has 2 heterocycles. The van der Waals surface area contributed by atoms with E-state index in [2.05, 4.69) is 24.6 Å². The van der Waals surface area contributed by atoms with E-state index in [1.54, 1.807) is 6.07 Å². The maximum Gasteiger partial charge on any atom is 0.340 e. The number of nitrogens with one attached hydrogen (secondary N) is 1. The van der Waals surface area contributed by atoms with Gasteiger partial charge in [-0.15, -0.1) is 0 Å². The van der Waals surface area contributed by atoms with Crippen molar-refractivity contribution in [3.63, 3.8) is 0 Å². The second-order valence-electron chi connectivity index (χ2n) is 8.87. The number of morpholine rings is 2. The van der Waals surface area contributed by atoms with Crippen LogP contribution in [0.25, 0.3) is 0 Å². The molecule has 41 heavy (non-hydrogen) atoms. The van der Waals surface area contributed by atoms with Crippen molar-refractivity contribution in [3.8, 4) is 0 Å². The number of hydrogen-bond acceptors (Lipinski definition) is 10. The minimum Gasteiger partial charge on any atom is -0.465 e. The molecular formula is C28H39F3N4O6. The Balaban J connectivity index is 0.000000237. The summed E-state index contributed by atoms with van der Waals surface area (Å²) in [5, 5.41) is 2.99. The van der Waals surface area contributed by atoms with Crippen LogP contribution in [0.2, 0.25) is 0 Å². The highest BCUT2D eigenvalue weighted by Gasteiger charge is 2.17. The van der Waals surface area contributed by atoms with E-state index in [0.29, 0.717) is 6.54 Å². The zero-order valence-electron chi connectivity index (χ0n) is 23.5. The molecule has 2 aromatic rings. The summed E-state index contributed by atoms with van der Waals surface area (Å²) >= 11 is 0. The normalized spacial score (nSPS) is 15.5. The summed E-state index contributed by atoms with van der Waals surface area (Å²) in [6, 6.07) is 7.70. The summed E-state index contributed by atoms with van der Waals surface area (Å²) in [4.78, 5) is 26.9. The average Bonchev–Trinajstić information content (AvgIpc) is 3.00. The van der Waals surface area contributed by atoms with Crippen LogP contribution in [0.15, 0.2) is 36.4 Å². The lowest BCUT2D eigenvalue weighted by Gasteiger charge is -2.26. The molecule has 0 unspecified atom stereocenters. The molecule has 0 bridgehead atoms. The van der Waals surface area contributed by atoms with Crippen molar-refractivity contribution in [2.45, 2.75) is 0 Å². The Bertz CT molecular complexity index is 1080. The van der Waals surface area contributed by atoms with Crippen LogP contribution in [-0.2, 0) is 18.9 Å². The minimum absolute atomic E-state index is 0.201. The number of anilines is 1. The second-order valence-corrected chi connectivity index (χ2v) is 8.87. The third-order valence-electron chi connectivity index (χ3n) is 6.16. The first-order chi connectivity index (χ1) is 19.8. The van der Waals surface area contributed by atoms with Gasteiger partial charge in [-0.05, 0) is 24.3 Å². The van der Waals surface area contributed by atoms with Gasteiger partial charge in [0.2, 0.25) is 0 Å². The van der Waals surface area contributed by atoms with Crippen LogP contribution in [0, 0.1) is 17.5 Å². The van der Waals surface area contributed by atoms with Crippen molar-refractivity contribution in [3.05, 3.63) is 65.0 Å². The molecule has 228 valence electrons. The number of methoxy groups -OCH3 is 2. The number of nitrogens with zero attached hydrogens (tertiary/aromatic N) is 2. The van der Waals surface area contributed by atoms with Crippen molar-refractivity contribution in [2.75, 3.05) is 98.3 Å². The van der Waals surface area contributed by atoms with E-state index in [1.807, 2.05) is 0 Å². The van der Waals surface area contributed by atoms with E-state index in [-0.39, 0.29) is 11.3 Å². The molecule has 2 fully saturated rings. The van der Waals surface area contributed by atoms with Gasteiger partial charge in [-0.25, -0.2) is 22.8 Å². The van der Waals surface area contributed by atoms with E-state index < -0.39 is 35.0 Å². The minimum atomic E-state index is -1.18. The van der Waals surface area contributed by atoms with Crippen molar-refractivity contribution >= 4 is 17.6 Å². The molecule has 0 saturated carbocycles. The highest BCUT2D eigenvalue weighted by Crippen LogP contribution is 2.20. The quantitative estimate of drug-likeness (QED) is 0.448. The van der Waals surface area contributed by atoms with Crippen LogP contribution < -0.4 is 11.1 Å². The highest BCUT2D eigenvalue weighted by molar-refractivity contribution is 5.95. The summed E-state index contributed by atoms with van der Waals surface area (Å²) in [5.74, 6) is -4.11. The van der Waals surface area contributed by atoms with Gasteiger partial charge in [-0.1, -0.05) is 12.1 Å². The fraction of sp³-hybridized carbons (Fsp3) is 0.500. The van der Waals surface area contributed by atoms with Crippen LogP contribution in [0.3, 0.4) is 0 Å². The molecule has 0 radical (unpaired) electrons. The molecule has 10 nitrogen and oxygen atoms in total. The van der Waals surface area contributed by atoms with E-state index >= 15 is 0 Å². The van der Waals surface area contributed by atoms with Gasteiger partial charge < -0.3 is 30.0 Å². The van der Waals surface area contributed by atoms with Crippen LogP contribution in [0.4, 0.5) is 18.9 Å². The number of ether oxygens (including phenoxy) is 4. The number of rotatable bonds is 8. The van der Waals surface area contributed by atoms with Crippen molar-refractivity contribution in [2.24, 2.45) is 5.73 Å². The van der Waals surface area contributed by atoms with Crippen molar-refractivity contribution in [1.82, 2.24) is 9.80 Å². The monoisotopic (exact) mass is 584 g/mol. The summed E-state index contributed by atoms with van der Waals surface area (Å²) in [6.45, 7) is 10.2. The molecule has 4 rings (SSSR count). The molecule has 3 N–H and O–H groups in total. The highest BCUT2D eigenvalue weighted by atomic mass is 19.2. The maximum atomic E-state index is 13.8. The first-order valence-electron chi connectivity index (χ1n) is 13.3. The van der Waals surface area contributed by atoms with Gasteiger partial charge in [0.25, 0.3) is 0 Å². The molecule has 2 saturated heterocycles. The fourth-order valence-electron chi connectivity index (χ4n) is 3.93. The van der Waals surface area contributed by atoms with Gasteiger partial charge >= 0.3 is 11.9 Å². The third-order valence-corrected chi connectivity index (χ3v) is 6.16. The Morgan fingerprint density at radius 2 is 1.29 bits per heavy atom. The molecule has 13 heteroatoms. The Morgan fingerprint density at radius 1 is 0.805 bits per heavy atom. The molecule has 0 amide bonds. The standard InChI is InChI=1S/C14H19FN2O3.C8H6F2O2.C6H14N2O/c1-19-14(18)11-3-2-4-12(15)13(11)16-5-6-17-7-9-20-10-8-17;1-12-8(11)5-3-2-4-6(9)7(5)10;7-1-2-8-3-5-9-6-4-8/h2-4,16H,5-10H2,1H3;2-4H,1H3;1-7H2. The molecule has 0 aliphatic carbocycles. The Labute approximate surface area is 238 Å². The molecule has 0 aromatic heterocycles. The number of carbonyl (C=O) groups excluding carboxylic acids is 2. The number of hydrogen-bond donors (Lipinski definition) is 2. The molecule has 0 spiro atoms. The predicted molar refractivity (Wildman–Crippen MR) is 147 cm³/mol. The molecule has 2 aliphatic heterocycles. The van der Waals surface area contributed by atoms with Gasteiger partial charge in [0.15, 0.2) is 11.6 Å². The van der Waals surface area contributed by atoms with Crippen molar-refractivity contribution < 1.29 is 41.7 Å². The molecule has 2 aromatic carbocycles. The zero-order chi connectivity index (χ0) is 30.0. The summed E-state index contributed by atoms with van der Waals surface area (Å²) in [6.07, 6.45) is 0. The predicted octanol–water partition coefficient (Wildman–Crippen LogP) is 2.39. The van der Waals surface area contributed by atoms with Crippen LogP contribution >= 0.6 is 0 Å². The Kier molecular flexibility index (Phi) is 15.7. The number of halogens is 3. The van der Waals surface area contributed by atoms with E-state index in [4.69, 9.17) is 15.2 Å². The van der Waals surface area contributed by atoms with Gasteiger partial charge in [-0.2, -0.15) is 0 Å². The lowest BCUT2D eigenvalue weighted by molar-refractivity contribution is 0.0394. The van der Waals surface area contributed by atoms with E-state index in [0.717, 1.165) is 91.5 Å². The first-order valence-corrected chi connectivity index (χ1v) is 13.3. The van der Waals surface area contributed by atoms with Crippen LogP contribution in [0.1, 0.15) is 20.7 Å². The number of benzene rings is 2. The van der Waals surface area contributed by atoms with Gasteiger partial charge in [-0.3, -0.25) is 9.80 Å². The molecular weight excluding hydrogens is 545 g/mol. The molecule has 0 atom stereocenters. The van der Waals surface area contributed by atoms with E-state index in [1.165, 1.54) is 25.3 Å². The van der Waals surface area contributed by atoms with Crippen LogP contribution in [0.5, 0.6) is 0 Å². The van der Waals surface area contributed by atoms with E-state index in [9.17, 15) is 22.8 Å². The van der Waals surface area contributed by atoms with Gasteiger partial charge in [0, 0.05) is 52.4 Å². The average molecular weight is 585 g/mol. The first kappa shape index (κ1) is 34.0. The fourth-order valence-corrected chi connectivity index (χ4v) is 3.93. The SMILES string of the molecule is COC(=O)c1cccc(F)c1F.COC(=O)c1cccc(F)c1NCCN1CCOCC1.NCCN1CCOCC1. The smallest absolute Gasteiger partial charge is 0.340 e. The Hall–Kier alpha value is -3.23. The van der Waals surface area contributed by atoms with Crippen molar-refractivity contribution in [1.29, 1.82) is 0 Å². The summed E-state index contributed by atoms with van der Waals surface area (Å²) < 4.78 is 58.4. The topological polar surface area (TPSA) is 116 Å². The third kappa shape index (κ3) is 11.7. The lowest BCUT2D eigenvalue weighted by Crippen LogP contribution is -2.39. The van der Waals surface area contributed by atoms with Gasteiger partial charge in [0.05, 0.1) is 57.5 Å². The van der Waals surface area contributed by atoms with Gasteiger partial charge in [0.1, 0.15) is 5.82 Å². The number of esters is 2. The number of para-hydroxylation sites is 1. The summed E-state index contributed by atoms with van der Waals surface area (Å²) in [7, 11) is 2.39. The van der Waals surface area contributed by atoms with Crippen LogP contribution in [-0.4, -0.2) is 115 Å². The maximum absolute atomic E-state index is 13.8. The lowest BCUT2D eigenvalue weighted by atomic mass is 10.1. The summed E-state index contributed by atoms with van der Waals surface area (Å²) in [5.41, 5.74) is 5.40. The number of carbonyl (C=O) groups is 2.